The number of alkyl halides is 3. The van der Waals surface area contributed by atoms with Crippen molar-refractivity contribution in [2.45, 2.75) is 19.7 Å². The third-order valence-electron chi connectivity index (χ3n) is 2.18. The minimum Gasteiger partial charge on any atom is -0.490 e. The Morgan fingerprint density at radius 1 is 1.28 bits per heavy atom. The van der Waals surface area contributed by atoms with Crippen LogP contribution in [0.5, 0.6) is 5.75 Å². The van der Waals surface area contributed by atoms with Gasteiger partial charge in [0, 0.05) is 0 Å². The fourth-order valence-corrected chi connectivity index (χ4v) is 1.32. The van der Waals surface area contributed by atoms with Gasteiger partial charge in [-0.25, -0.2) is 0 Å². The molecule has 0 radical (unpaired) electrons. The Morgan fingerprint density at radius 3 is 2.56 bits per heavy atom. The molecule has 0 spiro atoms. The quantitative estimate of drug-likeness (QED) is 0.763. The van der Waals surface area contributed by atoms with Crippen molar-refractivity contribution in [2.75, 3.05) is 13.2 Å². The van der Waals surface area contributed by atoms with Crippen LogP contribution in [0.1, 0.15) is 18.1 Å². The summed E-state index contributed by atoms with van der Waals surface area (Å²) in [5.41, 5.74) is 1.27. The molecule has 0 saturated carbocycles. The standard InChI is InChI=1S/C12H12F3NO2/c1-2-9-3-4-11(10(7-9)8-16)17-5-6-18-12(13,14)15/h3-4,7H,2,5-6H2,1H3. The molecule has 0 aliphatic carbocycles. The summed E-state index contributed by atoms with van der Waals surface area (Å²) in [7, 11) is 0. The summed E-state index contributed by atoms with van der Waals surface area (Å²) in [6.45, 7) is 1.07. The summed E-state index contributed by atoms with van der Waals surface area (Å²) < 4.78 is 43.7. The summed E-state index contributed by atoms with van der Waals surface area (Å²) in [4.78, 5) is 0. The number of aryl methyl sites for hydroxylation is 1. The molecule has 0 aliphatic rings. The number of nitriles is 1. The lowest BCUT2D eigenvalue weighted by Crippen LogP contribution is -2.18. The molecule has 0 N–H and O–H groups in total. The van der Waals surface area contributed by atoms with Crippen LogP contribution in [0.2, 0.25) is 0 Å². The minimum atomic E-state index is -4.66. The van der Waals surface area contributed by atoms with Gasteiger partial charge in [-0.1, -0.05) is 13.0 Å². The summed E-state index contributed by atoms with van der Waals surface area (Å²) in [5.74, 6) is 0.264. The Bertz CT molecular complexity index is 438. The van der Waals surface area contributed by atoms with Crippen LogP contribution in [0.15, 0.2) is 18.2 Å². The second-order valence-corrected chi connectivity index (χ2v) is 3.44. The van der Waals surface area contributed by atoms with Crippen molar-refractivity contribution < 1.29 is 22.6 Å². The van der Waals surface area contributed by atoms with E-state index >= 15 is 0 Å². The van der Waals surface area contributed by atoms with Gasteiger partial charge in [-0.05, 0) is 24.1 Å². The summed E-state index contributed by atoms with van der Waals surface area (Å²) in [5, 5.41) is 8.88. The monoisotopic (exact) mass is 259 g/mol. The van der Waals surface area contributed by atoms with Crippen LogP contribution in [0.4, 0.5) is 13.2 Å². The predicted octanol–water partition coefficient (Wildman–Crippen LogP) is 3.04. The summed E-state index contributed by atoms with van der Waals surface area (Å²) >= 11 is 0. The van der Waals surface area contributed by atoms with Gasteiger partial charge >= 0.3 is 6.36 Å². The van der Waals surface area contributed by atoms with Gasteiger partial charge in [-0.3, -0.25) is 4.74 Å². The zero-order valence-corrected chi connectivity index (χ0v) is 9.75. The minimum absolute atomic E-state index is 0.264. The SMILES string of the molecule is CCc1ccc(OCCOC(F)(F)F)c(C#N)c1. The molecule has 0 bridgehead atoms. The molecule has 0 aliphatic heterocycles. The number of ether oxygens (including phenoxy) is 2. The fourth-order valence-electron chi connectivity index (χ4n) is 1.32. The van der Waals surface area contributed by atoms with E-state index in [1.54, 1.807) is 18.2 Å². The van der Waals surface area contributed by atoms with E-state index in [0.717, 1.165) is 12.0 Å². The van der Waals surface area contributed by atoms with Crippen LogP contribution < -0.4 is 4.74 Å². The average Bonchev–Trinajstić information content (AvgIpc) is 2.33. The highest BCUT2D eigenvalue weighted by Crippen LogP contribution is 2.20. The maximum atomic E-state index is 11.7. The first-order valence-electron chi connectivity index (χ1n) is 5.32. The molecule has 1 rings (SSSR count). The number of nitrogens with zero attached hydrogens (tertiary/aromatic N) is 1. The van der Waals surface area contributed by atoms with Gasteiger partial charge in [-0.15, -0.1) is 13.2 Å². The van der Waals surface area contributed by atoms with E-state index in [-0.39, 0.29) is 12.4 Å². The maximum Gasteiger partial charge on any atom is 0.522 e. The molecule has 1 aromatic rings. The van der Waals surface area contributed by atoms with Crippen LogP contribution in [0, 0.1) is 11.3 Å². The molecule has 98 valence electrons. The molecule has 0 aromatic heterocycles. The van der Waals surface area contributed by atoms with Crippen molar-refractivity contribution in [3.05, 3.63) is 29.3 Å². The fraction of sp³-hybridized carbons (Fsp3) is 0.417. The van der Waals surface area contributed by atoms with Crippen molar-refractivity contribution in [3.63, 3.8) is 0 Å². The van der Waals surface area contributed by atoms with Crippen molar-refractivity contribution >= 4 is 0 Å². The van der Waals surface area contributed by atoms with Gasteiger partial charge < -0.3 is 4.74 Å². The topological polar surface area (TPSA) is 42.2 Å². The molecule has 0 atom stereocenters. The molecular formula is C12H12F3NO2. The first-order valence-corrected chi connectivity index (χ1v) is 5.32. The van der Waals surface area contributed by atoms with Gasteiger partial charge in [0.25, 0.3) is 0 Å². The van der Waals surface area contributed by atoms with Crippen LogP contribution in [0.3, 0.4) is 0 Å². The van der Waals surface area contributed by atoms with Crippen LogP contribution >= 0.6 is 0 Å². The lowest BCUT2D eigenvalue weighted by atomic mass is 10.1. The molecule has 0 amide bonds. The van der Waals surface area contributed by atoms with E-state index in [0.29, 0.717) is 5.56 Å². The Kier molecular flexibility index (Phi) is 4.98. The van der Waals surface area contributed by atoms with Gasteiger partial charge in [-0.2, -0.15) is 5.26 Å². The molecule has 3 nitrogen and oxygen atoms in total. The van der Waals surface area contributed by atoms with Gasteiger partial charge in [0.15, 0.2) is 0 Å². The molecule has 0 saturated heterocycles. The second-order valence-electron chi connectivity index (χ2n) is 3.44. The molecule has 0 heterocycles. The molecule has 18 heavy (non-hydrogen) atoms. The predicted molar refractivity (Wildman–Crippen MR) is 58.0 cm³/mol. The zero-order valence-electron chi connectivity index (χ0n) is 9.75. The molecule has 1 aromatic carbocycles. The smallest absolute Gasteiger partial charge is 0.490 e. The number of rotatable bonds is 5. The number of hydrogen-bond donors (Lipinski definition) is 0. The van der Waals surface area contributed by atoms with Crippen molar-refractivity contribution in [2.24, 2.45) is 0 Å². The normalized spacial score (nSPS) is 11.1. The van der Waals surface area contributed by atoms with Gasteiger partial charge in [0.1, 0.15) is 18.4 Å². The van der Waals surface area contributed by atoms with Crippen LogP contribution in [-0.4, -0.2) is 19.6 Å². The van der Waals surface area contributed by atoms with E-state index in [1.807, 2.05) is 13.0 Å². The Labute approximate surface area is 103 Å². The first-order chi connectivity index (χ1) is 8.46. The highest BCUT2D eigenvalue weighted by molar-refractivity contribution is 5.45. The van der Waals surface area contributed by atoms with E-state index in [9.17, 15) is 13.2 Å². The van der Waals surface area contributed by atoms with Gasteiger partial charge in [0.2, 0.25) is 0 Å². The van der Waals surface area contributed by atoms with Gasteiger partial charge in [0.05, 0.1) is 12.2 Å². The molecule has 0 fully saturated rings. The lowest BCUT2D eigenvalue weighted by Gasteiger charge is -2.10. The molecule has 6 heteroatoms. The van der Waals surface area contributed by atoms with E-state index in [2.05, 4.69) is 4.74 Å². The molecule has 0 unspecified atom stereocenters. The van der Waals surface area contributed by atoms with Crippen molar-refractivity contribution in [1.82, 2.24) is 0 Å². The Balaban J connectivity index is 2.55. The largest absolute Gasteiger partial charge is 0.522 e. The average molecular weight is 259 g/mol. The summed E-state index contributed by atoms with van der Waals surface area (Å²) in [6.07, 6.45) is -3.89. The highest BCUT2D eigenvalue weighted by atomic mass is 19.4. The number of halogens is 3. The van der Waals surface area contributed by atoms with E-state index < -0.39 is 13.0 Å². The third-order valence-corrected chi connectivity index (χ3v) is 2.18. The summed E-state index contributed by atoms with van der Waals surface area (Å²) in [6, 6.07) is 6.93. The van der Waals surface area contributed by atoms with Crippen LogP contribution in [-0.2, 0) is 11.2 Å². The Hall–Kier alpha value is -1.74. The second kappa shape index (κ2) is 6.26. The van der Waals surface area contributed by atoms with Crippen molar-refractivity contribution in [1.29, 1.82) is 5.26 Å². The maximum absolute atomic E-state index is 11.7. The Morgan fingerprint density at radius 2 is 2.00 bits per heavy atom. The highest BCUT2D eigenvalue weighted by Gasteiger charge is 2.28. The van der Waals surface area contributed by atoms with E-state index in [4.69, 9.17) is 10.00 Å². The van der Waals surface area contributed by atoms with Crippen LogP contribution in [0.25, 0.3) is 0 Å². The molecular weight excluding hydrogens is 247 g/mol. The third kappa shape index (κ3) is 4.63. The lowest BCUT2D eigenvalue weighted by molar-refractivity contribution is -0.325. The first kappa shape index (κ1) is 14.3. The van der Waals surface area contributed by atoms with E-state index in [1.165, 1.54) is 0 Å². The van der Waals surface area contributed by atoms with Crippen molar-refractivity contribution in [3.8, 4) is 11.8 Å². The number of benzene rings is 1. The number of hydrogen-bond acceptors (Lipinski definition) is 3. The zero-order chi connectivity index (χ0) is 13.6.